The summed E-state index contributed by atoms with van der Waals surface area (Å²) < 4.78 is 0. The highest BCUT2D eigenvalue weighted by atomic mass is 32.2. The fourth-order valence-electron chi connectivity index (χ4n) is 2.65. The third kappa shape index (κ3) is 3.22. The van der Waals surface area contributed by atoms with Gasteiger partial charge in [0.15, 0.2) is 0 Å². The van der Waals surface area contributed by atoms with Crippen LogP contribution < -0.4 is 4.90 Å². The molecular weight excluding hydrogens is 278 g/mol. The molecule has 0 aliphatic carbocycles. The largest absolute Gasteiger partial charge is 0.354 e. The Hall–Kier alpha value is -1.52. The van der Waals surface area contributed by atoms with Crippen LogP contribution in [0.3, 0.4) is 0 Å². The van der Waals surface area contributed by atoms with Gasteiger partial charge < -0.3 is 9.80 Å². The van der Waals surface area contributed by atoms with Crippen molar-refractivity contribution in [2.24, 2.45) is 0 Å². The molecule has 1 fully saturated rings. The standard InChI is InChI=1S/C17H21N3S/c1-19-9-11-20(12-10-19)17-8-7-14(13-18-17)15-5-3-4-6-16(15)21-2/h3-8,13H,9-12H2,1-2H3. The lowest BCUT2D eigenvalue weighted by Gasteiger charge is -2.33. The van der Waals surface area contributed by atoms with Gasteiger partial charge in [-0.3, -0.25) is 0 Å². The molecule has 0 unspecified atom stereocenters. The average molecular weight is 299 g/mol. The van der Waals surface area contributed by atoms with Gasteiger partial charge in [-0.25, -0.2) is 4.98 Å². The zero-order valence-corrected chi connectivity index (χ0v) is 13.4. The predicted molar refractivity (Wildman–Crippen MR) is 91.2 cm³/mol. The van der Waals surface area contributed by atoms with Gasteiger partial charge in [-0.15, -0.1) is 11.8 Å². The molecule has 21 heavy (non-hydrogen) atoms. The second kappa shape index (κ2) is 6.50. The number of aromatic nitrogens is 1. The van der Waals surface area contributed by atoms with Crippen molar-refractivity contribution in [3.05, 3.63) is 42.6 Å². The van der Waals surface area contributed by atoms with E-state index in [-0.39, 0.29) is 0 Å². The lowest BCUT2D eigenvalue weighted by atomic mass is 10.1. The van der Waals surface area contributed by atoms with Crippen LogP contribution in [0, 0.1) is 0 Å². The summed E-state index contributed by atoms with van der Waals surface area (Å²) in [5.74, 6) is 1.09. The van der Waals surface area contributed by atoms with Crippen molar-refractivity contribution in [3.63, 3.8) is 0 Å². The summed E-state index contributed by atoms with van der Waals surface area (Å²) in [5, 5.41) is 0. The fourth-order valence-corrected chi connectivity index (χ4v) is 3.27. The molecule has 0 N–H and O–H groups in total. The minimum absolute atomic E-state index is 1.06. The first kappa shape index (κ1) is 14.4. The van der Waals surface area contributed by atoms with Crippen LogP contribution in [0.15, 0.2) is 47.5 Å². The molecule has 1 saturated heterocycles. The Labute approximate surface area is 131 Å². The Morgan fingerprint density at radius 3 is 2.43 bits per heavy atom. The number of likely N-dealkylation sites (N-methyl/N-ethyl adjacent to an activating group) is 1. The van der Waals surface area contributed by atoms with E-state index in [2.05, 4.69) is 64.5 Å². The van der Waals surface area contributed by atoms with E-state index in [0.29, 0.717) is 0 Å². The lowest BCUT2D eigenvalue weighted by Crippen LogP contribution is -2.44. The van der Waals surface area contributed by atoms with Crippen molar-refractivity contribution in [1.29, 1.82) is 0 Å². The van der Waals surface area contributed by atoms with E-state index in [9.17, 15) is 0 Å². The first-order chi connectivity index (χ1) is 10.3. The third-order valence-corrected chi connectivity index (χ3v) is 4.79. The van der Waals surface area contributed by atoms with Gasteiger partial charge in [0.05, 0.1) is 0 Å². The van der Waals surface area contributed by atoms with Crippen LogP contribution in [-0.2, 0) is 0 Å². The molecule has 1 aliphatic rings. The molecule has 0 radical (unpaired) electrons. The average Bonchev–Trinajstić information content (AvgIpc) is 2.56. The van der Waals surface area contributed by atoms with Crippen molar-refractivity contribution >= 4 is 17.6 Å². The summed E-state index contributed by atoms with van der Waals surface area (Å²) in [7, 11) is 2.17. The number of anilines is 1. The summed E-state index contributed by atoms with van der Waals surface area (Å²) in [6.45, 7) is 4.34. The van der Waals surface area contributed by atoms with E-state index < -0.39 is 0 Å². The number of rotatable bonds is 3. The van der Waals surface area contributed by atoms with E-state index >= 15 is 0 Å². The Kier molecular flexibility index (Phi) is 4.46. The molecule has 0 spiro atoms. The fraction of sp³-hybridized carbons (Fsp3) is 0.353. The molecule has 110 valence electrons. The van der Waals surface area contributed by atoms with E-state index in [0.717, 1.165) is 32.0 Å². The topological polar surface area (TPSA) is 19.4 Å². The molecule has 2 heterocycles. The molecule has 2 aromatic rings. The second-order valence-corrected chi connectivity index (χ2v) is 6.24. The lowest BCUT2D eigenvalue weighted by molar-refractivity contribution is 0.312. The van der Waals surface area contributed by atoms with E-state index in [1.807, 2.05) is 6.20 Å². The van der Waals surface area contributed by atoms with Crippen molar-refractivity contribution in [2.45, 2.75) is 4.90 Å². The van der Waals surface area contributed by atoms with Gasteiger partial charge in [-0.05, 0) is 37.1 Å². The number of benzene rings is 1. The molecule has 0 bridgehead atoms. The zero-order chi connectivity index (χ0) is 14.7. The summed E-state index contributed by atoms with van der Waals surface area (Å²) in [6.07, 6.45) is 4.12. The van der Waals surface area contributed by atoms with Crippen LogP contribution in [-0.4, -0.2) is 49.4 Å². The summed E-state index contributed by atoms with van der Waals surface area (Å²) >= 11 is 1.78. The van der Waals surface area contributed by atoms with Gasteiger partial charge in [0.1, 0.15) is 5.82 Å². The minimum Gasteiger partial charge on any atom is -0.354 e. The van der Waals surface area contributed by atoms with E-state index in [1.54, 1.807) is 11.8 Å². The molecule has 1 aromatic heterocycles. The Morgan fingerprint density at radius 1 is 1.00 bits per heavy atom. The van der Waals surface area contributed by atoms with Gasteiger partial charge in [0.2, 0.25) is 0 Å². The van der Waals surface area contributed by atoms with Gasteiger partial charge >= 0.3 is 0 Å². The smallest absolute Gasteiger partial charge is 0.128 e. The van der Waals surface area contributed by atoms with Crippen LogP contribution in [0.2, 0.25) is 0 Å². The van der Waals surface area contributed by atoms with Crippen molar-refractivity contribution in [1.82, 2.24) is 9.88 Å². The maximum atomic E-state index is 4.68. The molecule has 0 saturated carbocycles. The summed E-state index contributed by atoms with van der Waals surface area (Å²) in [6, 6.07) is 12.8. The van der Waals surface area contributed by atoms with Gasteiger partial charge in [-0.2, -0.15) is 0 Å². The van der Waals surface area contributed by atoms with Gasteiger partial charge in [0, 0.05) is 42.8 Å². The van der Waals surface area contributed by atoms with Crippen LogP contribution in [0.25, 0.3) is 11.1 Å². The summed E-state index contributed by atoms with van der Waals surface area (Å²) in [4.78, 5) is 10.7. The van der Waals surface area contributed by atoms with Crippen LogP contribution >= 0.6 is 11.8 Å². The molecule has 3 nitrogen and oxygen atoms in total. The molecule has 3 rings (SSSR count). The number of nitrogens with zero attached hydrogens (tertiary/aromatic N) is 3. The first-order valence-electron chi connectivity index (χ1n) is 7.31. The normalized spacial score (nSPS) is 16.2. The quantitative estimate of drug-likeness (QED) is 0.810. The van der Waals surface area contributed by atoms with Crippen molar-refractivity contribution in [3.8, 4) is 11.1 Å². The van der Waals surface area contributed by atoms with Gasteiger partial charge in [0.25, 0.3) is 0 Å². The Bertz CT molecular complexity index is 589. The maximum absolute atomic E-state index is 4.68. The van der Waals surface area contributed by atoms with Crippen LogP contribution in [0.5, 0.6) is 0 Å². The van der Waals surface area contributed by atoms with E-state index in [4.69, 9.17) is 0 Å². The highest BCUT2D eigenvalue weighted by Gasteiger charge is 2.15. The van der Waals surface area contributed by atoms with Gasteiger partial charge in [-0.1, -0.05) is 18.2 Å². The first-order valence-corrected chi connectivity index (χ1v) is 8.53. The molecule has 4 heteroatoms. The molecule has 0 amide bonds. The summed E-state index contributed by atoms with van der Waals surface area (Å²) in [5.41, 5.74) is 2.46. The minimum atomic E-state index is 1.06. The number of pyridine rings is 1. The van der Waals surface area contributed by atoms with Crippen molar-refractivity contribution < 1.29 is 0 Å². The molecule has 0 atom stereocenters. The maximum Gasteiger partial charge on any atom is 0.128 e. The van der Waals surface area contributed by atoms with Crippen molar-refractivity contribution in [2.75, 3.05) is 44.4 Å². The monoisotopic (exact) mass is 299 g/mol. The second-order valence-electron chi connectivity index (χ2n) is 5.40. The number of thioether (sulfide) groups is 1. The Balaban J connectivity index is 1.81. The highest BCUT2D eigenvalue weighted by molar-refractivity contribution is 7.98. The number of piperazine rings is 1. The molecule has 1 aliphatic heterocycles. The Morgan fingerprint density at radius 2 is 1.76 bits per heavy atom. The van der Waals surface area contributed by atoms with Crippen LogP contribution in [0.1, 0.15) is 0 Å². The SMILES string of the molecule is CSc1ccccc1-c1ccc(N2CCN(C)CC2)nc1. The third-order valence-electron chi connectivity index (χ3n) is 3.99. The zero-order valence-electron chi connectivity index (χ0n) is 12.6. The molecular formula is C17H21N3S. The van der Waals surface area contributed by atoms with E-state index in [1.165, 1.54) is 16.0 Å². The number of hydrogen-bond acceptors (Lipinski definition) is 4. The number of hydrogen-bond donors (Lipinski definition) is 0. The van der Waals surface area contributed by atoms with Crippen LogP contribution in [0.4, 0.5) is 5.82 Å². The highest BCUT2D eigenvalue weighted by Crippen LogP contribution is 2.30. The molecule has 1 aromatic carbocycles. The predicted octanol–water partition coefficient (Wildman–Crippen LogP) is 3.22.